The molecule has 0 aliphatic carbocycles. The Kier molecular flexibility index (Phi) is 7.11. The largest absolute Gasteiger partial charge is 0.465 e. The molecule has 1 aromatic carbocycles. The first-order chi connectivity index (χ1) is 9.54. The van der Waals surface area contributed by atoms with Crippen molar-refractivity contribution in [2.75, 3.05) is 23.4 Å². The number of nitrogens with two attached hydrogens (primary N) is 1. The van der Waals surface area contributed by atoms with E-state index < -0.39 is 12.0 Å². The van der Waals surface area contributed by atoms with Crippen LogP contribution in [-0.2, 0) is 14.3 Å². The Labute approximate surface area is 123 Å². The van der Waals surface area contributed by atoms with E-state index in [-0.39, 0.29) is 11.7 Å². The topological polar surface area (TPSA) is 81.4 Å². The summed E-state index contributed by atoms with van der Waals surface area (Å²) in [5, 5.41) is 2.82. The van der Waals surface area contributed by atoms with Crippen LogP contribution in [-0.4, -0.2) is 36.0 Å². The summed E-state index contributed by atoms with van der Waals surface area (Å²) in [6.07, 6.45) is 0. The van der Waals surface area contributed by atoms with Crippen LogP contribution in [0, 0.1) is 6.92 Å². The van der Waals surface area contributed by atoms with Crippen LogP contribution in [0.5, 0.6) is 0 Å². The molecule has 0 fully saturated rings. The third kappa shape index (κ3) is 5.63. The van der Waals surface area contributed by atoms with Gasteiger partial charge in [0.15, 0.2) is 0 Å². The number of rotatable bonds is 7. The van der Waals surface area contributed by atoms with Gasteiger partial charge in [-0.2, -0.15) is 0 Å². The molecule has 0 saturated carbocycles. The first-order valence-corrected chi connectivity index (χ1v) is 7.55. The normalized spacial score (nSPS) is 11.8. The maximum atomic E-state index is 11.8. The summed E-state index contributed by atoms with van der Waals surface area (Å²) >= 11 is 1.31. The van der Waals surface area contributed by atoms with Crippen LogP contribution >= 0.6 is 11.8 Å². The van der Waals surface area contributed by atoms with E-state index in [9.17, 15) is 9.59 Å². The smallest absolute Gasteiger partial charge is 0.323 e. The van der Waals surface area contributed by atoms with E-state index >= 15 is 0 Å². The van der Waals surface area contributed by atoms with Crippen molar-refractivity contribution >= 4 is 29.3 Å². The van der Waals surface area contributed by atoms with E-state index in [0.717, 1.165) is 11.3 Å². The van der Waals surface area contributed by atoms with Gasteiger partial charge in [0.25, 0.3) is 0 Å². The highest BCUT2D eigenvalue weighted by Crippen LogP contribution is 2.13. The van der Waals surface area contributed by atoms with Crippen LogP contribution in [0.15, 0.2) is 24.3 Å². The number of amides is 1. The second-order valence-electron chi connectivity index (χ2n) is 4.24. The molecule has 0 aromatic heterocycles. The van der Waals surface area contributed by atoms with Crippen LogP contribution in [0.1, 0.15) is 12.5 Å². The van der Waals surface area contributed by atoms with Gasteiger partial charge in [0, 0.05) is 11.4 Å². The summed E-state index contributed by atoms with van der Waals surface area (Å²) in [4.78, 5) is 23.0. The van der Waals surface area contributed by atoms with Crippen molar-refractivity contribution in [3.63, 3.8) is 0 Å². The van der Waals surface area contributed by atoms with E-state index in [0.29, 0.717) is 12.4 Å². The third-order valence-electron chi connectivity index (χ3n) is 2.54. The zero-order chi connectivity index (χ0) is 15.0. The molecule has 3 N–H and O–H groups in total. The summed E-state index contributed by atoms with van der Waals surface area (Å²) in [5.41, 5.74) is 7.45. The Hall–Kier alpha value is -1.53. The number of aryl methyl sites for hydroxylation is 1. The number of para-hydroxylation sites is 1. The highest BCUT2D eigenvalue weighted by Gasteiger charge is 2.15. The molecule has 0 heterocycles. The predicted molar refractivity (Wildman–Crippen MR) is 81.7 cm³/mol. The zero-order valence-electron chi connectivity index (χ0n) is 11.7. The molecule has 0 saturated heterocycles. The zero-order valence-corrected chi connectivity index (χ0v) is 12.5. The Balaban J connectivity index is 2.30. The summed E-state index contributed by atoms with van der Waals surface area (Å²) in [6, 6.07) is 6.87. The van der Waals surface area contributed by atoms with E-state index in [2.05, 4.69) is 5.32 Å². The third-order valence-corrected chi connectivity index (χ3v) is 3.60. The fourth-order valence-corrected chi connectivity index (χ4v) is 2.26. The van der Waals surface area contributed by atoms with Gasteiger partial charge in [-0.3, -0.25) is 9.59 Å². The molecule has 110 valence electrons. The Bertz CT molecular complexity index is 465. The van der Waals surface area contributed by atoms with Gasteiger partial charge in [-0.1, -0.05) is 18.2 Å². The molecule has 5 nitrogen and oxygen atoms in total. The Morgan fingerprint density at radius 3 is 2.75 bits per heavy atom. The van der Waals surface area contributed by atoms with Crippen molar-refractivity contribution in [2.24, 2.45) is 5.73 Å². The highest BCUT2D eigenvalue weighted by atomic mass is 32.2. The van der Waals surface area contributed by atoms with Gasteiger partial charge in [0.05, 0.1) is 12.4 Å². The fraction of sp³-hybridized carbons (Fsp3) is 0.429. The van der Waals surface area contributed by atoms with Gasteiger partial charge in [-0.15, -0.1) is 11.8 Å². The van der Waals surface area contributed by atoms with Gasteiger partial charge in [-0.05, 0) is 25.5 Å². The molecule has 1 atom stereocenters. The molecule has 1 unspecified atom stereocenters. The average molecular weight is 296 g/mol. The molecule has 0 aliphatic rings. The Morgan fingerprint density at radius 1 is 1.40 bits per heavy atom. The van der Waals surface area contributed by atoms with Crippen molar-refractivity contribution in [3.05, 3.63) is 29.8 Å². The highest BCUT2D eigenvalue weighted by molar-refractivity contribution is 8.00. The molecule has 0 spiro atoms. The molecule has 6 heteroatoms. The van der Waals surface area contributed by atoms with Gasteiger partial charge < -0.3 is 15.8 Å². The van der Waals surface area contributed by atoms with Crippen molar-refractivity contribution in [1.29, 1.82) is 0 Å². The lowest BCUT2D eigenvalue weighted by Crippen LogP contribution is -2.35. The lowest BCUT2D eigenvalue weighted by atomic mass is 10.2. The van der Waals surface area contributed by atoms with Crippen molar-refractivity contribution in [2.45, 2.75) is 19.9 Å². The maximum Gasteiger partial charge on any atom is 0.323 e. The maximum absolute atomic E-state index is 11.8. The molecular weight excluding hydrogens is 276 g/mol. The minimum absolute atomic E-state index is 0.111. The minimum Gasteiger partial charge on any atom is -0.465 e. The first kappa shape index (κ1) is 16.5. The van der Waals surface area contributed by atoms with E-state index in [1.807, 2.05) is 31.2 Å². The van der Waals surface area contributed by atoms with Crippen LogP contribution in [0.25, 0.3) is 0 Å². The molecule has 20 heavy (non-hydrogen) atoms. The number of esters is 1. The summed E-state index contributed by atoms with van der Waals surface area (Å²) in [7, 11) is 0. The number of nitrogens with one attached hydrogen (secondary N) is 1. The summed E-state index contributed by atoms with van der Waals surface area (Å²) < 4.78 is 4.79. The van der Waals surface area contributed by atoms with Gasteiger partial charge in [0.1, 0.15) is 6.04 Å². The summed E-state index contributed by atoms with van der Waals surface area (Å²) in [5.74, 6) is 0.0706. The van der Waals surface area contributed by atoms with Crippen molar-refractivity contribution in [3.8, 4) is 0 Å². The van der Waals surface area contributed by atoms with E-state index in [1.54, 1.807) is 6.92 Å². The van der Waals surface area contributed by atoms with Crippen LogP contribution in [0.4, 0.5) is 5.69 Å². The number of anilines is 1. The minimum atomic E-state index is -0.689. The summed E-state index contributed by atoms with van der Waals surface area (Å²) in [6.45, 7) is 3.97. The lowest BCUT2D eigenvalue weighted by molar-refractivity contribution is -0.144. The lowest BCUT2D eigenvalue weighted by Gasteiger charge is -2.10. The number of ether oxygens (including phenoxy) is 1. The van der Waals surface area contributed by atoms with Crippen molar-refractivity contribution < 1.29 is 14.3 Å². The molecule has 1 amide bonds. The Morgan fingerprint density at radius 2 is 2.10 bits per heavy atom. The van der Waals surface area contributed by atoms with Gasteiger partial charge in [-0.25, -0.2) is 0 Å². The molecule has 0 radical (unpaired) electrons. The fourth-order valence-electron chi connectivity index (χ4n) is 1.50. The second kappa shape index (κ2) is 8.60. The number of hydrogen-bond acceptors (Lipinski definition) is 5. The molecular formula is C14H20N2O3S. The number of carbonyl (C=O) groups excluding carboxylic acids is 2. The molecule has 1 rings (SSSR count). The quantitative estimate of drug-likeness (QED) is 0.746. The van der Waals surface area contributed by atoms with Gasteiger partial charge in [0.2, 0.25) is 5.91 Å². The number of benzene rings is 1. The molecule has 0 aliphatic heterocycles. The number of thioether (sulfide) groups is 1. The van der Waals surface area contributed by atoms with Crippen LogP contribution < -0.4 is 11.1 Å². The van der Waals surface area contributed by atoms with E-state index in [1.165, 1.54) is 11.8 Å². The number of hydrogen-bond donors (Lipinski definition) is 2. The van der Waals surface area contributed by atoms with E-state index in [4.69, 9.17) is 10.5 Å². The van der Waals surface area contributed by atoms with Crippen LogP contribution in [0.3, 0.4) is 0 Å². The number of carbonyl (C=O) groups is 2. The van der Waals surface area contributed by atoms with Crippen molar-refractivity contribution in [1.82, 2.24) is 0 Å². The standard InChI is InChI=1S/C14H20N2O3S/c1-3-19-14(18)11(15)8-20-9-13(17)16-12-7-5-4-6-10(12)2/h4-7,11H,3,8-9,15H2,1-2H3,(H,16,17). The van der Waals surface area contributed by atoms with Gasteiger partial charge >= 0.3 is 5.97 Å². The first-order valence-electron chi connectivity index (χ1n) is 6.40. The van der Waals surface area contributed by atoms with Crippen LogP contribution in [0.2, 0.25) is 0 Å². The average Bonchev–Trinajstić information content (AvgIpc) is 2.41. The molecule has 0 bridgehead atoms. The second-order valence-corrected chi connectivity index (χ2v) is 5.27. The molecule has 1 aromatic rings. The predicted octanol–water partition coefficient (Wildman–Crippen LogP) is 1.56. The monoisotopic (exact) mass is 296 g/mol. The SMILES string of the molecule is CCOC(=O)C(N)CSCC(=O)Nc1ccccc1C.